The first-order valence-electron chi connectivity index (χ1n) is 10.1. The Morgan fingerprint density at radius 3 is 2.57 bits per heavy atom. The average Bonchev–Trinajstić information content (AvgIpc) is 2.71. The van der Waals surface area contributed by atoms with Crippen LogP contribution in [0, 0.1) is 5.92 Å². The first-order valence-corrected chi connectivity index (χ1v) is 10.1. The molecule has 0 saturated carbocycles. The number of aliphatic imine (C=N–C) groups is 1. The van der Waals surface area contributed by atoms with E-state index in [0.29, 0.717) is 38.2 Å². The van der Waals surface area contributed by atoms with Gasteiger partial charge in [-0.15, -0.1) is 24.0 Å². The summed E-state index contributed by atoms with van der Waals surface area (Å²) in [5.74, 6) is 0.538. The highest BCUT2D eigenvalue weighted by molar-refractivity contribution is 14.0. The largest absolute Gasteiger partial charge is 0.466 e. The Morgan fingerprint density at radius 2 is 2.00 bits per heavy atom. The number of halogens is 4. The maximum Gasteiger partial charge on any atom is 0.416 e. The zero-order chi connectivity index (χ0) is 21.4. The molecule has 2 rings (SSSR count). The predicted molar refractivity (Wildman–Crippen MR) is 122 cm³/mol. The molecule has 30 heavy (non-hydrogen) atoms. The number of benzene rings is 1. The number of ether oxygens (including phenoxy) is 1. The van der Waals surface area contributed by atoms with Crippen molar-refractivity contribution in [3.05, 3.63) is 35.4 Å². The Bertz CT molecular complexity index is 705. The second-order valence-corrected chi connectivity index (χ2v) is 7.30. The Balaban J connectivity index is 0.00000450. The summed E-state index contributed by atoms with van der Waals surface area (Å²) in [4.78, 5) is 18.3. The van der Waals surface area contributed by atoms with Crippen LogP contribution in [0.2, 0.25) is 0 Å². The summed E-state index contributed by atoms with van der Waals surface area (Å²) in [5.41, 5.74) is 0.0574. The minimum absolute atomic E-state index is 0. The highest BCUT2D eigenvalue weighted by atomic mass is 127. The van der Waals surface area contributed by atoms with Crippen LogP contribution in [0.15, 0.2) is 29.3 Å². The van der Waals surface area contributed by atoms with Gasteiger partial charge in [-0.3, -0.25) is 9.79 Å². The van der Waals surface area contributed by atoms with Gasteiger partial charge < -0.3 is 15.0 Å². The van der Waals surface area contributed by atoms with E-state index in [0.717, 1.165) is 24.9 Å². The van der Waals surface area contributed by atoms with E-state index in [1.807, 2.05) is 6.92 Å². The number of carbonyl (C=O) groups is 1. The third kappa shape index (κ3) is 7.63. The van der Waals surface area contributed by atoms with Gasteiger partial charge in [-0.1, -0.05) is 25.1 Å². The second-order valence-electron chi connectivity index (χ2n) is 7.30. The monoisotopic (exact) mass is 541 g/mol. The lowest BCUT2D eigenvalue weighted by Crippen LogP contribution is -2.47. The van der Waals surface area contributed by atoms with E-state index in [2.05, 4.69) is 15.2 Å². The van der Waals surface area contributed by atoms with Crippen molar-refractivity contribution in [2.75, 3.05) is 33.3 Å². The van der Waals surface area contributed by atoms with Crippen LogP contribution in [-0.4, -0.2) is 50.1 Å². The molecule has 1 aromatic carbocycles. The number of likely N-dealkylation sites (tertiary alicyclic amines) is 1. The molecule has 1 N–H and O–H groups in total. The van der Waals surface area contributed by atoms with E-state index in [-0.39, 0.29) is 41.8 Å². The second kappa shape index (κ2) is 12.4. The van der Waals surface area contributed by atoms with E-state index in [1.165, 1.54) is 12.1 Å². The molecule has 1 fully saturated rings. The van der Waals surface area contributed by atoms with Crippen LogP contribution >= 0.6 is 24.0 Å². The van der Waals surface area contributed by atoms with E-state index in [4.69, 9.17) is 4.74 Å². The van der Waals surface area contributed by atoms with Crippen LogP contribution in [0.5, 0.6) is 0 Å². The number of esters is 1. The molecular weight excluding hydrogens is 510 g/mol. The Labute approximate surface area is 193 Å². The van der Waals surface area contributed by atoms with Crippen LogP contribution in [-0.2, 0) is 15.7 Å². The molecule has 1 unspecified atom stereocenters. The Kier molecular flexibility index (Phi) is 10.9. The molecule has 1 aliphatic rings. The summed E-state index contributed by atoms with van der Waals surface area (Å²) < 4.78 is 43.8. The van der Waals surface area contributed by atoms with Crippen molar-refractivity contribution >= 4 is 35.9 Å². The number of guanidine groups is 1. The van der Waals surface area contributed by atoms with Crippen LogP contribution in [0.4, 0.5) is 13.2 Å². The Morgan fingerprint density at radius 1 is 1.33 bits per heavy atom. The highest BCUT2D eigenvalue weighted by Gasteiger charge is 2.31. The lowest BCUT2D eigenvalue weighted by Gasteiger charge is -2.33. The van der Waals surface area contributed by atoms with Gasteiger partial charge in [0.05, 0.1) is 18.1 Å². The number of nitrogens with one attached hydrogen (secondary N) is 1. The van der Waals surface area contributed by atoms with Crippen LogP contribution in [0.1, 0.15) is 50.2 Å². The fraction of sp³-hybridized carbons (Fsp3) is 0.619. The number of alkyl halides is 3. The molecule has 0 spiro atoms. The van der Waals surface area contributed by atoms with Crippen molar-refractivity contribution in [3.8, 4) is 0 Å². The zero-order valence-corrected chi connectivity index (χ0v) is 20.0. The summed E-state index contributed by atoms with van der Waals surface area (Å²) in [7, 11) is 1.70. The van der Waals surface area contributed by atoms with Crippen LogP contribution in [0.25, 0.3) is 0 Å². The van der Waals surface area contributed by atoms with Crippen molar-refractivity contribution in [1.29, 1.82) is 0 Å². The van der Waals surface area contributed by atoms with E-state index >= 15 is 0 Å². The molecule has 0 bridgehead atoms. The first kappa shape index (κ1) is 26.5. The average molecular weight is 541 g/mol. The number of rotatable bonds is 6. The number of nitrogens with zero attached hydrogens (tertiary/aromatic N) is 2. The number of hydrogen-bond acceptors (Lipinski definition) is 3. The SMILES string of the molecule is CCOC(=O)C1CCN(C(=NC)NCCC(C)c2cccc(C(F)(F)F)c2)CC1.I. The lowest BCUT2D eigenvalue weighted by atomic mass is 9.96. The summed E-state index contributed by atoms with van der Waals surface area (Å²) >= 11 is 0. The molecule has 5 nitrogen and oxygen atoms in total. The zero-order valence-electron chi connectivity index (χ0n) is 17.7. The summed E-state index contributed by atoms with van der Waals surface area (Å²) in [6, 6.07) is 5.50. The molecule has 0 aliphatic carbocycles. The third-order valence-corrected chi connectivity index (χ3v) is 5.27. The van der Waals surface area contributed by atoms with E-state index in [9.17, 15) is 18.0 Å². The molecule has 170 valence electrons. The van der Waals surface area contributed by atoms with Gasteiger partial charge in [-0.25, -0.2) is 0 Å². The quantitative estimate of drug-likeness (QED) is 0.246. The summed E-state index contributed by atoms with van der Waals surface area (Å²) in [6.07, 6.45) is -2.20. The number of piperidine rings is 1. The molecule has 1 heterocycles. The Hall–Kier alpha value is -1.52. The molecule has 1 saturated heterocycles. The molecule has 0 amide bonds. The van der Waals surface area contributed by atoms with Gasteiger partial charge in [0, 0.05) is 26.7 Å². The minimum atomic E-state index is -4.33. The van der Waals surface area contributed by atoms with Gasteiger partial charge in [0.25, 0.3) is 0 Å². The third-order valence-electron chi connectivity index (χ3n) is 5.27. The highest BCUT2D eigenvalue weighted by Crippen LogP contribution is 2.31. The van der Waals surface area contributed by atoms with Crippen LogP contribution in [0.3, 0.4) is 0 Å². The van der Waals surface area contributed by atoms with Gasteiger partial charge in [0.15, 0.2) is 5.96 Å². The molecule has 9 heteroatoms. The van der Waals surface area contributed by atoms with E-state index < -0.39 is 11.7 Å². The van der Waals surface area contributed by atoms with Crippen molar-refractivity contribution in [3.63, 3.8) is 0 Å². The van der Waals surface area contributed by atoms with Gasteiger partial charge in [-0.05, 0) is 43.7 Å². The number of hydrogen-bond donors (Lipinski definition) is 1. The van der Waals surface area contributed by atoms with Crippen molar-refractivity contribution in [2.24, 2.45) is 10.9 Å². The molecule has 1 aromatic rings. The molecule has 0 radical (unpaired) electrons. The smallest absolute Gasteiger partial charge is 0.416 e. The maximum atomic E-state index is 12.9. The van der Waals surface area contributed by atoms with Crippen LogP contribution < -0.4 is 5.32 Å². The standard InChI is InChI=1S/C21H30F3N3O2.HI/c1-4-29-19(28)16-9-12-27(13-10-16)20(25-3)26-11-8-15(2)17-6-5-7-18(14-17)21(22,23)24;/h5-7,14-16H,4,8-13H2,1-3H3,(H,25,26);1H. The van der Waals surface area contributed by atoms with Crippen molar-refractivity contribution in [2.45, 2.75) is 45.2 Å². The molecule has 1 aliphatic heterocycles. The van der Waals surface area contributed by atoms with E-state index in [1.54, 1.807) is 20.0 Å². The molecule has 1 atom stereocenters. The number of carbonyl (C=O) groups excluding carboxylic acids is 1. The van der Waals surface area contributed by atoms with Gasteiger partial charge in [0.2, 0.25) is 0 Å². The first-order chi connectivity index (χ1) is 13.8. The summed E-state index contributed by atoms with van der Waals surface area (Å²) in [6.45, 7) is 6.15. The normalized spacial score (nSPS) is 16.6. The van der Waals surface area contributed by atoms with Gasteiger partial charge in [-0.2, -0.15) is 13.2 Å². The molecule has 0 aromatic heterocycles. The van der Waals surface area contributed by atoms with Gasteiger partial charge in [0.1, 0.15) is 0 Å². The fourth-order valence-electron chi connectivity index (χ4n) is 3.51. The summed E-state index contributed by atoms with van der Waals surface area (Å²) in [5, 5.41) is 3.29. The predicted octanol–water partition coefficient (Wildman–Crippen LogP) is 4.67. The maximum absolute atomic E-state index is 12.9. The topological polar surface area (TPSA) is 53.9 Å². The van der Waals surface area contributed by atoms with Gasteiger partial charge >= 0.3 is 12.1 Å². The fourth-order valence-corrected chi connectivity index (χ4v) is 3.51. The van der Waals surface area contributed by atoms with Crippen molar-refractivity contribution in [1.82, 2.24) is 10.2 Å². The lowest BCUT2D eigenvalue weighted by molar-refractivity contribution is -0.149. The van der Waals surface area contributed by atoms with Crippen molar-refractivity contribution < 1.29 is 22.7 Å². The minimum Gasteiger partial charge on any atom is -0.466 e. The molecular formula is C21H31F3IN3O2.